The number of rotatable bonds is 7. The zero-order chi connectivity index (χ0) is 11.0. The summed E-state index contributed by atoms with van der Waals surface area (Å²) in [5, 5.41) is 0. The van der Waals surface area contributed by atoms with Gasteiger partial charge in [0.25, 0.3) is 0 Å². The molecule has 5 nitrogen and oxygen atoms in total. The Balaban J connectivity index is 4.21. The minimum absolute atomic E-state index is 0.0110. The van der Waals surface area contributed by atoms with Crippen LogP contribution in [0.5, 0.6) is 0 Å². The van der Waals surface area contributed by atoms with Crippen LogP contribution in [-0.4, -0.2) is 32.0 Å². The molecule has 0 N–H and O–H groups in total. The molecule has 0 unspecified atom stereocenters. The van der Waals surface area contributed by atoms with E-state index in [-0.39, 0.29) is 26.0 Å². The van der Waals surface area contributed by atoms with Gasteiger partial charge in [-0.15, -0.1) is 0 Å². The number of ether oxygens (including phenoxy) is 1. The van der Waals surface area contributed by atoms with Gasteiger partial charge in [0.15, 0.2) is 0 Å². The van der Waals surface area contributed by atoms with Gasteiger partial charge >= 0.3 is 13.6 Å². The van der Waals surface area contributed by atoms with E-state index in [0.717, 1.165) is 0 Å². The maximum absolute atomic E-state index is 11.7. The number of hydrogen-bond acceptors (Lipinski definition) is 5. The molecule has 0 atom stereocenters. The summed E-state index contributed by atoms with van der Waals surface area (Å²) >= 11 is 0. The molecule has 6 heteroatoms. The maximum atomic E-state index is 11.7. The number of hydrogen-bond donors (Lipinski definition) is 0. The Labute approximate surface area is 84.3 Å². The SMILES string of the molecule is [CH2+]COC(=O)CP(=O)(OCC)OCC. The third-order valence-electron chi connectivity index (χ3n) is 1.24. The highest BCUT2D eigenvalue weighted by atomic mass is 31.2. The Morgan fingerprint density at radius 1 is 1.29 bits per heavy atom. The van der Waals surface area contributed by atoms with Crippen LogP contribution in [0.2, 0.25) is 0 Å². The standard InChI is InChI=1S/C8H16O5P/c1-4-11-8(9)7-14(10,12-5-2)13-6-3/h1,4-7H2,2-3H3/q+1. The van der Waals surface area contributed by atoms with Crippen molar-refractivity contribution in [3.05, 3.63) is 6.92 Å². The van der Waals surface area contributed by atoms with Gasteiger partial charge in [-0.25, -0.2) is 0 Å². The van der Waals surface area contributed by atoms with Gasteiger partial charge in [0, 0.05) is 0 Å². The second-order valence-corrected chi connectivity index (χ2v) is 4.38. The molecule has 0 fully saturated rings. The van der Waals surface area contributed by atoms with Gasteiger partial charge in [-0.1, -0.05) is 0 Å². The number of carbonyl (C=O) groups excluding carboxylic acids is 1. The largest absolute Gasteiger partial charge is 0.423 e. The van der Waals surface area contributed by atoms with E-state index in [9.17, 15) is 9.36 Å². The van der Waals surface area contributed by atoms with Crippen LogP contribution < -0.4 is 0 Å². The van der Waals surface area contributed by atoms with Crippen molar-refractivity contribution in [2.75, 3.05) is 26.0 Å². The van der Waals surface area contributed by atoms with Crippen molar-refractivity contribution in [1.29, 1.82) is 0 Å². The second-order valence-electron chi connectivity index (χ2n) is 2.33. The van der Waals surface area contributed by atoms with Crippen LogP contribution in [0.4, 0.5) is 0 Å². The molecule has 0 aliphatic carbocycles. The number of esters is 1. The summed E-state index contributed by atoms with van der Waals surface area (Å²) in [7, 11) is -3.31. The predicted molar refractivity (Wildman–Crippen MR) is 52.0 cm³/mol. The quantitative estimate of drug-likeness (QED) is 0.373. The fourth-order valence-corrected chi connectivity index (χ4v) is 2.29. The highest BCUT2D eigenvalue weighted by Crippen LogP contribution is 2.47. The summed E-state index contributed by atoms with van der Waals surface area (Å²) in [6.45, 7) is 7.16. The first-order chi connectivity index (χ1) is 6.58. The van der Waals surface area contributed by atoms with Crippen LogP contribution in [0.1, 0.15) is 13.8 Å². The van der Waals surface area contributed by atoms with E-state index in [1.807, 2.05) is 0 Å². The third-order valence-corrected chi connectivity index (χ3v) is 3.19. The lowest BCUT2D eigenvalue weighted by Gasteiger charge is -2.15. The van der Waals surface area contributed by atoms with Crippen LogP contribution in [-0.2, 0) is 23.1 Å². The molecule has 0 spiro atoms. The minimum atomic E-state index is -3.31. The summed E-state index contributed by atoms with van der Waals surface area (Å²) in [6.07, 6.45) is -0.357. The van der Waals surface area contributed by atoms with Crippen LogP contribution in [0.25, 0.3) is 0 Å². The molecule has 0 saturated carbocycles. The first-order valence-corrected chi connectivity index (χ1v) is 6.13. The van der Waals surface area contributed by atoms with Gasteiger partial charge in [0.1, 0.15) is 13.1 Å². The maximum Gasteiger partial charge on any atom is 0.341 e. The Morgan fingerprint density at radius 2 is 1.79 bits per heavy atom. The van der Waals surface area contributed by atoms with Gasteiger partial charge in [-0.2, -0.15) is 0 Å². The zero-order valence-electron chi connectivity index (χ0n) is 8.52. The van der Waals surface area contributed by atoms with Gasteiger partial charge < -0.3 is 13.8 Å². The second kappa shape index (κ2) is 6.87. The summed E-state index contributed by atoms with van der Waals surface area (Å²) in [6, 6.07) is 0. The van der Waals surface area contributed by atoms with E-state index in [1.165, 1.54) is 0 Å². The smallest absolute Gasteiger partial charge is 0.341 e. The molecule has 0 saturated heterocycles. The minimum Gasteiger partial charge on any atom is -0.423 e. The topological polar surface area (TPSA) is 61.8 Å². The zero-order valence-corrected chi connectivity index (χ0v) is 9.42. The summed E-state index contributed by atoms with van der Waals surface area (Å²) in [5.74, 6) is -0.620. The van der Waals surface area contributed by atoms with Crippen LogP contribution in [0, 0.1) is 6.92 Å². The summed E-state index contributed by atoms with van der Waals surface area (Å²) in [4.78, 5) is 11.0. The summed E-state index contributed by atoms with van der Waals surface area (Å²) < 4.78 is 26.1. The van der Waals surface area contributed by atoms with Crippen molar-refractivity contribution in [3.63, 3.8) is 0 Å². The first-order valence-electron chi connectivity index (χ1n) is 4.41. The first kappa shape index (κ1) is 13.5. The molecule has 0 aliphatic rings. The molecule has 0 rings (SSSR count). The molecule has 82 valence electrons. The van der Waals surface area contributed by atoms with Crippen molar-refractivity contribution in [2.45, 2.75) is 13.8 Å². The molecule has 0 aliphatic heterocycles. The fourth-order valence-electron chi connectivity index (χ4n) is 0.840. The van der Waals surface area contributed by atoms with Gasteiger partial charge in [-0.05, 0) is 13.8 Å². The van der Waals surface area contributed by atoms with E-state index < -0.39 is 13.6 Å². The fraction of sp³-hybridized carbons (Fsp3) is 0.750. The molecule has 0 aromatic heterocycles. The lowest BCUT2D eigenvalue weighted by molar-refractivity contribution is -0.139. The third kappa shape index (κ3) is 5.27. The number of carbonyl (C=O) groups is 1. The van der Waals surface area contributed by atoms with E-state index in [1.54, 1.807) is 13.8 Å². The molecule has 0 heterocycles. The Morgan fingerprint density at radius 3 is 2.14 bits per heavy atom. The van der Waals surface area contributed by atoms with E-state index in [2.05, 4.69) is 11.7 Å². The summed E-state index contributed by atoms with van der Waals surface area (Å²) in [5.41, 5.74) is 0. The van der Waals surface area contributed by atoms with E-state index in [4.69, 9.17) is 9.05 Å². The Kier molecular flexibility index (Phi) is 6.62. The molecule has 0 amide bonds. The molecule has 0 aromatic rings. The Hall–Kier alpha value is -0.510. The van der Waals surface area contributed by atoms with Crippen LogP contribution in [0.3, 0.4) is 0 Å². The van der Waals surface area contributed by atoms with E-state index >= 15 is 0 Å². The van der Waals surface area contributed by atoms with Crippen molar-refractivity contribution in [3.8, 4) is 0 Å². The van der Waals surface area contributed by atoms with Gasteiger partial charge in [0.05, 0.1) is 13.2 Å². The molecular formula is C8H16O5P+. The molecule has 14 heavy (non-hydrogen) atoms. The van der Waals surface area contributed by atoms with Crippen molar-refractivity contribution in [2.24, 2.45) is 0 Å². The normalized spacial score (nSPS) is 11.3. The molecular weight excluding hydrogens is 207 g/mol. The average Bonchev–Trinajstić information content (AvgIpc) is 2.04. The highest BCUT2D eigenvalue weighted by molar-refractivity contribution is 7.54. The van der Waals surface area contributed by atoms with Crippen molar-refractivity contribution in [1.82, 2.24) is 0 Å². The Bertz CT molecular complexity index is 206. The van der Waals surface area contributed by atoms with Crippen molar-refractivity contribution < 1.29 is 23.1 Å². The average molecular weight is 223 g/mol. The lowest BCUT2D eigenvalue weighted by Crippen LogP contribution is -2.13. The van der Waals surface area contributed by atoms with Crippen molar-refractivity contribution >= 4 is 13.6 Å². The van der Waals surface area contributed by atoms with Gasteiger partial charge in [-0.3, -0.25) is 9.36 Å². The van der Waals surface area contributed by atoms with Crippen LogP contribution in [0.15, 0.2) is 0 Å². The monoisotopic (exact) mass is 223 g/mol. The molecule has 0 aromatic carbocycles. The lowest BCUT2D eigenvalue weighted by atomic mass is 10.8. The highest BCUT2D eigenvalue weighted by Gasteiger charge is 2.28. The van der Waals surface area contributed by atoms with Crippen LogP contribution >= 0.6 is 7.60 Å². The molecule has 0 bridgehead atoms. The molecule has 0 radical (unpaired) electrons. The van der Waals surface area contributed by atoms with Gasteiger partial charge in [0.2, 0.25) is 6.61 Å². The predicted octanol–water partition coefficient (Wildman–Crippen LogP) is 1.63. The van der Waals surface area contributed by atoms with E-state index in [0.29, 0.717) is 0 Å².